The quantitative estimate of drug-likeness (QED) is 0.283. The third-order valence-corrected chi connectivity index (χ3v) is 5.96. The van der Waals surface area contributed by atoms with Gasteiger partial charge in [-0.1, -0.05) is 74.2 Å². The third-order valence-electron chi connectivity index (χ3n) is 5.96. The minimum Gasteiger partial charge on any atom is -0.444 e. The second-order valence-electron chi connectivity index (χ2n) is 10.9. The van der Waals surface area contributed by atoms with Gasteiger partial charge in [-0.05, 0) is 58.2 Å². The van der Waals surface area contributed by atoms with Gasteiger partial charge in [0.1, 0.15) is 17.7 Å². The van der Waals surface area contributed by atoms with Gasteiger partial charge in [0.05, 0.1) is 0 Å². The molecule has 0 radical (unpaired) electrons. The molecule has 0 aliphatic heterocycles. The maximum atomic E-state index is 14.4. The first-order valence-corrected chi connectivity index (χ1v) is 13.7. The molecular formula is C32H43N3O4. The van der Waals surface area contributed by atoms with Crippen molar-refractivity contribution >= 4 is 17.9 Å². The molecule has 210 valence electrons. The summed E-state index contributed by atoms with van der Waals surface area (Å²) in [5.74, 6) is 1.96. The standard InChI is InChI=1S/C32H43N3O4/c1-8-10-16-21-35(28(29(36)33-23(3)4)26-20-15-14-19-25(26)9-2)30(37)27(22-24-17-12-11-13-18-24)34-31(38)39-32(5,6)7/h2,11-15,17-20,23,27-28H,8,10,16,21-22H2,1,3-7H3,(H,33,36)(H,34,38). The van der Waals surface area contributed by atoms with Crippen LogP contribution in [0.15, 0.2) is 54.6 Å². The predicted octanol–water partition coefficient (Wildman–Crippen LogP) is 5.39. The van der Waals surface area contributed by atoms with Crippen LogP contribution in [0.1, 0.15) is 83.5 Å². The van der Waals surface area contributed by atoms with Crippen molar-refractivity contribution in [3.05, 3.63) is 71.3 Å². The van der Waals surface area contributed by atoms with Crippen LogP contribution in [0.2, 0.25) is 0 Å². The van der Waals surface area contributed by atoms with Crippen LogP contribution >= 0.6 is 0 Å². The number of carbonyl (C=O) groups is 3. The van der Waals surface area contributed by atoms with Gasteiger partial charge in [0.2, 0.25) is 11.8 Å². The smallest absolute Gasteiger partial charge is 0.408 e. The Bertz CT molecular complexity index is 1130. The summed E-state index contributed by atoms with van der Waals surface area (Å²) < 4.78 is 5.49. The van der Waals surface area contributed by atoms with Crippen molar-refractivity contribution in [2.75, 3.05) is 6.54 Å². The molecule has 7 heteroatoms. The molecule has 0 heterocycles. The molecule has 2 unspecified atom stereocenters. The lowest BCUT2D eigenvalue weighted by Gasteiger charge is -2.35. The predicted molar refractivity (Wildman–Crippen MR) is 155 cm³/mol. The summed E-state index contributed by atoms with van der Waals surface area (Å²) in [6.07, 6.45) is 7.86. The average molecular weight is 534 g/mol. The number of benzene rings is 2. The van der Waals surface area contributed by atoms with Crippen LogP contribution in [0, 0.1) is 12.3 Å². The number of nitrogens with zero attached hydrogens (tertiary/aromatic N) is 1. The number of alkyl carbamates (subject to hydrolysis) is 1. The minimum atomic E-state index is -0.970. The fourth-order valence-corrected chi connectivity index (χ4v) is 4.28. The van der Waals surface area contributed by atoms with Crippen molar-refractivity contribution in [1.29, 1.82) is 0 Å². The second-order valence-corrected chi connectivity index (χ2v) is 10.9. The van der Waals surface area contributed by atoms with E-state index in [9.17, 15) is 14.4 Å². The number of hydrogen-bond donors (Lipinski definition) is 2. The molecule has 3 amide bonds. The molecule has 2 N–H and O–H groups in total. The molecule has 0 saturated carbocycles. The van der Waals surface area contributed by atoms with E-state index in [0.717, 1.165) is 18.4 Å². The first-order chi connectivity index (χ1) is 18.5. The van der Waals surface area contributed by atoms with E-state index in [1.54, 1.807) is 43.9 Å². The molecule has 2 rings (SSSR count). The first kappa shape index (κ1) is 31.4. The van der Waals surface area contributed by atoms with Crippen molar-refractivity contribution in [3.8, 4) is 12.3 Å². The molecular weight excluding hydrogens is 490 g/mol. The van der Waals surface area contributed by atoms with E-state index in [0.29, 0.717) is 24.1 Å². The number of terminal acetylenes is 1. The number of rotatable bonds is 12. The molecule has 7 nitrogen and oxygen atoms in total. The summed E-state index contributed by atoms with van der Waals surface area (Å²) in [4.78, 5) is 42.5. The number of ether oxygens (including phenoxy) is 1. The fraction of sp³-hybridized carbons (Fsp3) is 0.469. The Balaban J connectivity index is 2.60. The lowest BCUT2D eigenvalue weighted by atomic mass is 9.96. The van der Waals surface area contributed by atoms with Crippen molar-refractivity contribution in [2.24, 2.45) is 0 Å². The molecule has 0 saturated heterocycles. The van der Waals surface area contributed by atoms with Crippen LogP contribution in [0.5, 0.6) is 0 Å². The highest BCUT2D eigenvalue weighted by Crippen LogP contribution is 2.27. The topological polar surface area (TPSA) is 87.7 Å². The number of amides is 3. The van der Waals surface area contributed by atoms with E-state index in [-0.39, 0.29) is 24.3 Å². The summed E-state index contributed by atoms with van der Waals surface area (Å²) in [6, 6.07) is 14.5. The van der Waals surface area contributed by atoms with Gasteiger partial charge in [-0.3, -0.25) is 9.59 Å². The Morgan fingerprint density at radius 3 is 2.21 bits per heavy atom. The zero-order valence-electron chi connectivity index (χ0n) is 24.1. The molecule has 0 aromatic heterocycles. The number of nitrogens with one attached hydrogen (secondary N) is 2. The molecule has 0 aliphatic carbocycles. The summed E-state index contributed by atoms with van der Waals surface area (Å²) in [6.45, 7) is 11.4. The van der Waals surface area contributed by atoms with E-state index in [4.69, 9.17) is 11.2 Å². The Kier molecular flexibility index (Phi) is 12.1. The van der Waals surface area contributed by atoms with E-state index in [1.807, 2.05) is 50.2 Å². The van der Waals surface area contributed by atoms with Crippen LogP contribution in [0.3, 0.4) is 0 Å². The van der Waals surface area contributed by atoms with E-state index in [2.05, 4.69) is 23.5 Å². The molecule has 2 aromatic carbocycles. The maximum Gasteiger partial charge on any atom is 0.408 e. The molecule has 2 atom stereocenters. The highest BCUT2D eigenvalue weighted by Gasteiger charge is 2.37. The van der Waals surface area contributed by atoms with Gasteiger partial charge < -0.3 is 20.3 Å². The molecule has 0 aliphatic rings. The van der Waals surface area contributed by atoms with Gasteiger partial charge >= 0.3 is 6.09 Å². The van der Waals surface area contributed by atoms with Crippen molar-refractivity contribution in [3.63, 3.8) is 0 Å². The summed E-state index contributed by atoms with van der Waals surface area (Å²) in [5.41, 5.74) is 1.23. The maximum absolute atomic E-state index is 14.4. The largest absolute Gasteiger partial charge is 0.444 e. The van der Waals surface area contributed by atoms with Crippen LogP contribution in [0.4, 0.5) is 4.79 Å². The third kappa shape index (κ3) is 10.1. The Hall–Kier alpha value is -3.79. The molecule has 0 fully saturated rings. The van der Waals surface area contributed by atoms with Crippen LogP contribution < -0.4 is 10.6 Å². The Labute approximate surface area is 233 Å². The zero-order chi connectivity index (χ0) is 29.0. The van der Waals surface area contributed by atoms with E-state index >= 15 is 0 Å². The first-order valence-electron chi connectivity index (χ1n) is 13.7. The van der Waals surface area contributed by atoms with Crippen molar-refractivity contribution < 1.29 is 19.1 Å². The SMILES string of the molecule is C#Cc1ccccc1C(C(=O)NC(C)C)N(CCCCC)C(=O)C(Cc1ccccc1)NC(=O)OC(C)(C)C. The van der Waals surface area contributed by atoms with Gasteiger partial charge in [-0.2, -0.15) is 0 Å². The fourth-order valence-electron chi connectivity index (χ4n) is 4.28. The lowest BCUT2D eigenvalue weighted by molar-refractivity contribution is -0.142. The molecule has 39 heavy (non-hydrogen) atoms. The molecule has 2 aromatic rings. The van der Waals surface area contributed by atoms with Crippen LogP contribution in [0.25, 0.3) is 0 Å². The summed E-state index contributed by atoms with van der Waals surface area (Å²) in [5, 5.41) is 5.75. The Morgan fingerprint density at radius 2 is 1.62 bits per heavy atom. The van der Waals surface area contributed by atoms with Crippen molar-refractivity contribution in [2.45, 2.75) is 91.0 Å². The van der Waals surface area contributed by atoms with E-state index < -0.39 is 23.8 Å². The molecule has 0 bridgehead atoms. The number of carbonyl (C=O) groups excluding carboxylic acids is 3. The monoisotopic (exact) mass is 533 g/mol. The Morgan fingerprint density at radius 1 is 0.974 bits per heavy atom. The normalized spacial score (nSPS) is 12.7. The highest BCUT2D eigenvalue weighted by molar-refractivity contribution is 5.92. The van der Waals surface area contributed by atoms with Crippen molar-refractivity contribution in [1.82, 2.24) is 15.5 Å². The minimum absolute atomic E-state index is 0.148. The lowest BCUT2D eigenvalue weighted by Crippen LogP contribution is -2.54. The van der Waals surface area contributed by atoms with E-state index in [1.165, 1.54) is 0 Å². The highest BCUT2D eigenvalue weighted by atomic mass is 16.6. The van der Waals surface area contributed by atoms with Gasteiger partial charge in [0.25, 0.3) is 0 Å². The van der Waals surface area contributed by atoms with Gasteiger partial charge in [-0.25, -0.2) is 4.79 Å². The average Bonchev–Trinajstić information content (AvgIpc) is 2.86. The van der Waals surface area contributed by atoms with Gasteiger partial charge in [0.15, 0.2) is 0 Å². The number of hydrogen-bond acceptors (Lipinski definition) is 4. The summed E-state index contributed by atoms with van der Waals surface area (Å²) >= 11 is 0. The molecule has 0 spiro atoms. The van der Waals surface area contributed by atoms with Crippen LogP contribution in [-0.2, 0) is 20.7 Å². The summed E-state index contributed by atoms with van der Waals surface area (Å²) in [7, 11) is 0. The van der Waals surface area contributed by atoms with Crippen LogP contribution in [-0.4, -0.2) is 47.0 Å². The number of unbranched alkanes of at least 4 members (excludes halogenated alkanes) is 2. The zero-order valence-corrected chi connectivity index (χ0v) is 24.1. The van der Waals surface area contributed by atoms with Gasteiger partial charge in [0, 0.05) is 24.6 Å². The second kappa shape index (κ2) is 15.0. The van der Waals surface area contributed by atoms with Gasteiger partial charge in [-0.15, -0.1) is 6.42 Å².